The molecule has 2 aromatic rings. The van der Waals surface area contributed by atoms with Gasteiger partial charge in [-0.2, -0.15) is 0 Å². The van der Waals surface area contributed by atoms with Gasteiger partial charge in [-0.3, -0.25) is 0 Å². The van der Waals surface area contributed by atoms with Crippen molar-refractivity contribution in [1.29, 1.82) is 0 Å². The van der Waals surface area contributed by atoms with Gasteiger partial charge in [-0.15, -0.1) is 0 Å². The number of aliphatic imine (C=N–C) groups is 1. The second kappa shape index (κ2) is 7.48. The Morgan fingerprint density at radius 1 is 1.24 bits per heavy atom. The summed E-state index contributed by atoms with van der Waals surface area (Å²) in [5.74, 6) is 0.0651. The summed E-state index contributed by atoms with van der Waals surface area (Å²) in [5.41, 5.74) is 0.909. The SMILES string of the molecule is CCOC(=O)COc1ccc(/C=C2\N=C(c3ccco3)OC2=O)cc1. The van der Waals surface area contributed by atoms with Gasteiger partial charge in [0.1, 0.15) is 5.75 Å². The molecule has 1 aromatic heterocycles. The number of hydrogen-bond acceptors (Lipinski definition) is 7. The molecule has 0 amide bonds. The van der Waals surface area contributed by atoms with E-state index in [2.05, 4.69) is 4.99 Å². The molecule has 0 radical (unpaired) electrons. The summed E-state index contributed by atoms with van der Waals surface area (Å²) in [6.07, 6.45) is 3.07. The van der Waals surface area contributed by atoms with Crippen LogP contribution in [0.3, 0.4) is 0 Å². The van der Waals surface area contributed by atoms with Crippen molar-refractivity contribution in [2.75, 3.05) is 13.2 Å². The van der Waals surface area contributed by atoms with Crippen LogP contribution in [0.5, 0.6) is 5.75 Å². The Balaban J connectivity index is 1.67. The quantitative estimate of drug-likeness (QED) is 0.593. The molecule has 7 nitrogen and oxygen atoms in total. The number of nitrogens with zero attached hydrogens (tertiary/aromatic N) is 1. The lowest BCUT2D eigenvalue weighted by Crippen LogP contribution is -2.14. The zero-order valence-electron chi connectivity index (χ0n) is 13.4. The van der Waals surface area contributed by atoms with E-state index in [0.717, 1.165) is 5.56 Å². The van der Waals surface area contributed by atoms with E-state index >= 15 is 0 Å². The fraction of sp³-hybridized carbons (Fsp3) is 0.167. The molecule has 3 rings (SSSR count). The Hall–Kier alpha value is -3.35. The molecule has 25 heavy (non-hydrogen) atoms. The Bertz CT molecular complexity index is 818. The molecule has 0 saturated heterocycles. The fourth-order valence-corrected chi connectivity index (χ4v) is 2.08. The predicted molar refractivity (Wildman–Crippen MR) is 87.9 cm³/mol. The second-order valence-corrected chi connectivity index (χ2v) is 4.98. The normalized spacial score (nSPS) is 15.0. The van der Waals surface area contributed by atoms with Crippen LogP contribution in [-0.4, -0.2) is 31.1 Å². The zero-order valence-corrected chi connectivity index (χ0v) is 13.4. The number of furan rings is 1. The minimum atomic E-state index is -0.547. The topological polar surface area (TPSA) is 87.3 Å². The zero-order chi connectivity index (χ0) is 17.6. The van der Waals surface area contributed by atoms with Gasteiger partial charge in [0, 0.05) is 0 Å². The lowest BCUT2D eigenvalue weighted by atomic mass is 10.2. The van der Waals surface area contributed by atoms with Crippen molar-refractivity contribution >= 4 is 23.9 Å². The number of carbonyl (C=O) groups is 2. The smallest absolute Gasteiger partial charge is 0.363 e. The van der Waals surface area contributed by atoms with Gasteiger partial charge < -0.3 is 18.6 Å². The van der Waals surface area contributed by atoms with Gasteiger partial charge in [0.15, 0.2) is 18.1 Å². The van der Waals surface area contributed by atoms with E-state index in [1.165, 1.54) is 6.26 Å². The molecule has 0 unspecified atom stereocenters. The lowest BCUT2D eigenvalue weighted by Gasteiger charge is -2.05. The molecule has 0 aliphatic carbocycles. The third-order valence-electron chi connectivity index (χ3n) is 3.20. The number of cyclic esters (lactones) is 1. The van der Waals surface area contributed by atoms with Crippen LogP contribution >= 0.6 is 0 Å². The van der Waals surface area contributed by atoms with Gasteiger partial charge in [0.25, 0.3) is 5.90 Å². The number of hydrogen-bond donors (Lipinski definition) is 0. The molecule has 0 N–H and O–H groups in total. The summed E-state index contributed by atoms with van der Waals surface area (Å²) in [6.45, 7) is 1.89. The Kier molecular flexibility index (Phi) is 4.94. The van der Waals surface area contributed by atoms with Gasteiger partial charge in [0.05, 0.1) is 12.9 Å². The van der Waals surface area contributed by atoms with E-state index in [1.54, 1.807) is 49.4 Å². The third-order valence-corrected chi connectivity index (χ3v) is 3.20. The highest BCUT2D eigenvalue weighted by Gasteiger charge is 2.25. The second-order valence-electron chi connectivity index (χ2n) is 4.98. The van der Waals surface area contributed by atoms with Crippen molar-refractivity contribution in [2.24, 2.45) is 4.99 Å². The summed E-state index contributed by atoms with van der Waals surface area (Å²) >= 11 is 0. The van der Waals surface area contributed by atoms with Gasteiger partial charge in [-0.05, 0) is 42.8 Å². The van der Waals surface area contributed by atoms with E-state index in [1.807, 2.05) is 0 Å². The summed E-state index contributed by atoms with van der Waals surface area (Å²) in [6, 6.07) is 10.2. The number of ether oxygens (including phenoxy) is 3. The molecule has 0 atom stereocenters. The largest absolute Gasteiger partial charge is 0.482 e. The van der Waals surface area contributed by atoms with Crippen LogP contribution in [0.15, 0.2) is 57.8 Å². The molecular weight excluding hydrogens is 326 g/mol. The number of carbonyl (C=O) groups excluding carboxylic acids is 2. The van der Waals surface area contributed by atoms with Crippen molar-refractivity contribution < 1.29 is 28.2 Å². The maximum absolute atomic E-state index is 11.9. The minimum absolute atomic E-state index is 0.135. The monoisotopic (exact) mass is 341 g/mol. The van der Waals surface area contributed by atoms with Crippen LogP contribution < -0.4 is 4.74 Å². The maximum atomic E-state index is 11.9. The van der Waals surface area contributed by atoms with Crippen LogP contribution in [0.1, 0.15) is 18.2 Å². The molecule has 0 fully saturated rings. The van der Waals surface area contributed by atoms with Crippen LogP contribution in [-0.2, 0) is 19.1 Å². The van der Waals surface area contributed by atoms with E-state index in [0.29, 0.717) is 18.1 Å². The average molecular weight is 341 g/mol. The molecule has 128 valence electrons. The standard InChI is InChI=1S/C18H15NO6/c1-2-22-16(20)11-24-13-7-5-12(6-8-13)10-14-18(21)25-17(19-14)15-4-3-9-23-15/h3-10H,2,11H2,1H3/b14-10-. The van der Waals surface area contributed by atoms with Gasteiger partial charge >= 0.3 is 11.9 Å². The van der Waals surface area contributed by atoms with Crippen LogP contribution in [0.2, 0.25) is 0 Å². The van der Waals surface area contributed by atoms with Crippen molar-refractivity contribution in [3.05, 3.63) is 59.7 Å². The van der Waals surface area contributed by atoms with Crippen molar-refractivity contribution in [2.45, 2.75) is 6.92 Å². The van der Waals surface area contributed by atoms with Crippen LogP contribution in [0, 0.1) is 0 Å². The summed E-state index contributed by atoms with van der Waals surface area (Å²) < 4.78 is 20.3. The number of benzene rings is 1. The first-order chi connectivity index (χ1) is 12.2. The fourth-order valence-electron chi connectivity index (χ4n) is 2.08. The molecule has 2 heterocycles. The molecule has 0 saturated carbocycles. The summed E-state index contributed by atoms with van der Waals surface area (Å²) in [4.78, 5) is 27.2. The van der Waals surface area contributed by atoms with Crippen LogP contribution in [0.4, 0.5) is 0 Å². The molecule has 0 spiro atoms. The number of rotatable bonds is 6. The van der Waals surface area contributed by atoms with Crippen molar-refractivity contribution in [1.82, 2.24) is 0 Å². The van der Waals surface area contributed by atoms with E-state index in [-0.39, 0.29) is 18.2 Å². The minimum Gasteiger partial charge on any atom is -0.482 e. The summed E-state index contributed by atoms with van der Waals surface area (Å²) in [5, 5.41) is 0. The highest BCUT2D eigenvalue weighted by molar-refractivity contribution is 6.11. The first-order valence-corrected chi connectivity index (χ1v) is 7.60. The van der Waals surface area contributed by atoms with E-state index in [4.69, 9.17) is 18.6 Å². The highest BCUT2D eigenvalue weighted by atomic mass is 16.6. The molecule has 1 aliphatic heterocycles. The highest BCUT2D eigenvalue weighted by Crippen LogP contribution is 2.20. The number of esters is 2. The first kappa shape index (κ1) is 16.5. The van der Waals surface area contributed by atoms with Gasteiger partial charge in [-0.25, -0.2) is 14.6 Å². The average Bonchev–Trinajstić information content (AvgIpc) is 3.25. The Labute approximate surface area is 143 Å². The third kappa shape index (κ3) is 4.14. The van der Waals surface area contributed by atoms with Gasteiger partial charge in [0.2, 0.25) is 0 Å². The molecule has 0 bridgehead atoms. The van der Waals surface area contributed by atoms with Gasteiger partial charge in [-0.1, -0.05) is 12.1 Å². The molecular formula is C18H15NO6. The van der Waals surface area contributed by atoms with Crippen molar-refractivity contribution in [3.8, 4) is 5.75 Å². The Morgan fingerprint density at radius 3 is 2.72 bits per heavy atom. The van der Waals surface area contributed by atoms with Crippen molar-refractivity contribution in [3.63, 3.8) is 0 Å². The Morgan fingerprint density at radius 2 is 2.04 bits per heavy atom. The molecule has 1 aromatic carbocycles. The molecule has 1 aliphatic rings. The maximum Gasteiger partial charge on any atom is 0.363 e. The summed E-state index contributed by atoms with van der Waals surface area (Å²) in [7, 11) is 0. The molecule has 7 heteroatoms. The van der Waals surface area contributed by atoms with E-state index in [9.17, 15) is 9.59 Å². The van der Waals surface area contributed by atoms with Crippen LogP contribution in [0.25, 0.3) is 6.08 Å². The first-order valence-electron chi connectivity index (χ1n) is 7.60. The lowest BCUT2D eigenvalue weighted by molar-refractivity contribution is -0.145. The predicted octanol–water partition coefficient (Wildman–Crippen LogP) is 2.57. The van der Waals surface area contributed by atoms with E-state index < -0.39 is 11.9 Å².